The molecule has 1 fully saturated rings. The molecule has 0 aromatic heterocycles. The van der Waals surface area contributed by atoms with Crippen molar-refractivity contribution in [3.63, 3.8) is 0 Å². The van der Waals surface area contributed by atoms with Gasteiger partial charge < -0.3 is 10.6 Å². The summed E-state index contributed by atoms with van der Waals surface area (Å²) in [5.41, 5.74) is 1.91. The van der Waals surface area contributed by atoms with Crippen LogP contribution in [0, 0.1) is 6.92 Å². The molecule has 0 saturated heterocycles. The number of halogens is 1. The third-order valence-corrected chi connectivity index (χ3v) is 3.32. The molecule has 4 nitrogen and oxygen atoms in total. The average Bonchev–Trinajstić information content (AvgIpc) is 2.93. The molecule has 0 aliphatic heterocycles. The van der Waals surface area contributed by atoms with Gasteiger partial charge in [-0.1, -0.05) is 25.0 Å². The second-order valence-electron chi connectivity index (χ2n) is 4.82. The molecular weight excluding hydrogens is 276 g/mol. The highest BCUT2D eigenvalue weighted by Gasteiger charge is 2.12. The van der Waals surface area contributed by atoms with Gasteiger partial charge >= 0.3 is 0 Å². The number of hydrogen-bond acceptors (Lipinski definition) is 2. The number of carbonyl (C=O) groups is 2. The van der Waals surface area contributed by atoms with Crippen LogP contribution in [0.4, 0.5) is 5.69 Å². The van der Waals surface area contributed by atoms with Crippen LogP contribution in [-0.4, -0.2) is 24.2 Å². The molecule has 0 unspecified atom stereocenters. The van der Waals surface area contributed by atoms with Crippen LogP contribution in [0.3, 0.4) is 0 Å². The minimum atomic E-state index is -0.178. The van der Waals surface area contributed by atoms with E-state index in [9.17, 15) is 9.59 Å². The Balaban J connectivity index is 0.000000217. The lowest BCUT2D eigenvalue weighted by Gasteiger charge is -2.03. The Hall–Kier alpha value is -1.55. The molecule has 2 amide bonds. The Morgan fingerprint density at radius 2 is 2.10 bits per heavy atom. The van der Waals surface area contributed by atoms with Gasteiger partial charge in [-0.25, -0.2) is 0 Å². The first kappa shape index (κ1) is 16.5. The van der Waals surface area contributed by atoms with E-state index in [-0.39, 0.29) is 11.8 Å². The van der Waals surface area contributed by atoms with Crippen molar-refractivity contribution in [3.8, 4) is 0 Å². The highest BCUT2D eigenvalue weighted by Crippen LogP contribution is 2.16. The van der Waals surface area contributed by atoms with Crippen molar-refractivity contribution in [1.82, 2.24) is 5.32 Å². The van der Waals surface area contributed by atoms with E-state index in [2.05, 4.69) is 10.6 Å². The number of benzene rings is 1. The van der Waals surface area contributed by atoms with Crippen LogP contribution in [0.25, 0.3) is 0 Å². The highest BCUT2D eigenvalue weighted by molar-refractivity contribution is 6.29. The van der Waals surface area contributed by atoms with Gasteiger partial charge in [-0.15, -0.1) is 11.6 Å². The van der Waals surface area contributed by atoms with Gasteiger partial charge in [0.25, 0.3) is 0 Å². The molecule has 2 rings (SSSR count). The molecule has 0 radical (unpaired) electrons. The Kier molecular flexibility index (Phi) is 7.73. The second kappa shape index (κ2) is 9.37. The summed E-state index contributed by atoms with van der Waals surface area (Å²) >= 11 is 5.33. The van der Waals surface area contributed by atoms with Crippen molar-refractivity contribution in [2.24, 2.45) is 0 Å². The molecule has 0 atom stereocenters. The van der Waals surface area contributed by atoms with Crippen LogP contribution in [0.5, 0.6) is 0 Å². The minimum absolute atomic E-state index is 0.00601. The van der Waals surface area contributed by atoms with Gasteiger partial charge in [0.1, 0.15) is 5.88 Å². The summed E-state index contributed by atoms with van der Waals surface area (Å²) in [4.78, 5) is 20.7. The first-order chi connectivity index (χ1) is 9.65. The quantitative estimate of drug-likeness (QED) is 0.663. The van der Waals surface area contributed by atoms with Gasteiger partial charge in [0.2, 0.25) is 12.3 Å². The largest absolute Gasteiger partial charge is 0.356 e. The first-order valence-electron chi connectivity index (χ1n) is 6.78. The molecule has 110 valence electrons. The summed E-state index contributed by atoms with van der Waals surface area (Å²) in [5, 5.41) is 5.43. The molecule has 1 saturated carbocycles. The number of amides is 2. The molecule has 2 N–H and O–H groups in total. The van der Waals surface area contributed by atoms with Crippen LogP contribution >= 0.6 is 11.6 Å². The Labute approximate surface area is 124 Å². The monoisotopic (exact) mass is 296 g/mol. The summed E-state index contributed by atoms with van der Waals surface area (Å²) < 4.78 is 0. The maximum absolute atomic E-state index is 10.8. The predicted molar refractivity (Wildman–Crippen MR) is 82.0 cm³/mol. The van der Waals surface area contributed by atoms with E-state index in [1.807, 2.05) is 31.2 Å². The van der Waals surface area contributed by atoms with Crippen LogP contribution < -0.4 is 10.6 Å². The second-order valence-corrected chi connectivity index (χ2v) is 5.08. The van der Waals surface area contributed by atoms with E-state index < -0.39 is 0 Å². The molecule has 1 aromatic carbocycles. The lowest BCUT2D eigenvalue weighted by atomic mass is 10.2. The number of carbonyl (C=O) groups excluding carboxylic acids is 2. The minimum Gasteiger partial charge on any atom is -0.356 e. The van der Waals surface area contributed by atoms with E-state index in [1.54, 1.807) is 0 Å². The zero-order chi connectivity index (χ0) is 14.8. The predicted octanol–water partition coefficient (Wildman–Crippen LogP) is 2.85. The third kappa shape index (κ3) is 6.57. The van der Waals surface area contributed by atoms with Crippen LogP contribution in [-0.2, 0) is 9.59 Å². The van der Waals surface area contributed by atoms with Gasteiger partial charge in [0.15, 0.2) is 0 Å². The van der Waals surface area contributed by atoms with E-state index in [0.29, 0.717) is 6.04 Å². The van der Waals surface area contributed by atoms with E-state index >= 15 is 0 Å². The zero-order valence-corrected chi connectivity index (χ0v) is 12.5. The van der Waals surface area contributed by atoms with E-state index in [1.165, 1.54) is 25.7 Å². The Morgan fingerprint density at radius 1 is 1.40 bits per heavy atom. The first-order valence-corrected chi connectivity index (χ1v) is 7.31. The van der Waals surface area contributed by atoms with Crippen molar-refractivity contribution in [3.05, 3.63) is 29.8 Å². The highest BCUT2D eigenvalue weighted by atomic mass is 35.5. The molecule has 1 aliphatic carbocycles. The number of alkyl halides is 1. The molecule has 5 heteroatoms. The summed E-state index contributed by atoms with van der Waals surface area (Å²) in [7, 11) is 0. The smallest absolute Gasteiger partial charge is 0.239 e. The SMILES string of the molecule is Cc1cccc(NC(=O)CCl)c1.O=CNC1CCCC1. The van der Waals surface area contributed by atoms with Crippen molar-refractivity contribution in [1.29, 1.82) is 0 Å². The van der Waals surface area contributed by atoms with Gasteiger partial charge in [0.05, 0.1) is 0 Å². The van der Waals surface area contributed by atoms with Crippen LogP contribution in [0.15, 0.2) is 24.3 Å². The number of anilines is 1. The van der Waals surface area contributed by atoms with Crippen molar-refractivity contribution in [2.75, 3.05) is 11.2 Å². The van der Waals surface area contributed by atoms with Crippen LogP contribution in [0.2, 0.25) is 0 Å². The number of rotatable bonds is 4. The lowest BCUT2D eigenvalue weighted by molar-refractivity contribution is -0.114. The van der Waals surface area contributed by atoms with E-state index in [4.69, 9.17) is 11.6 Å². The summed E-state index contributed by atoms with van der Waals surface area (Å²) in [6, 6.07) is 8.07. The van der Waals surface area contributed by atoms with Gasteiger partial charge in [-0.05, 0) is 37.5 Å². The molecule has 1 aromatic rings. The standard InChI is InChI=1S/C9H10ClNO.C6H11NO/c1-7-3-2-4-8(5-7)11-9(12)6-10;8-5-7-6-3-1-2-4-6/h2-5H,6H2,1H3,(H,11,12);5-6H,1-4H2,(H,7,8). The number of hydrogen-bond donors (Lipinski definition) is 2. The Bertz CT molecular complexity index is 432. The third-order valence-electron chi connectivity index (χ3n) is 3.08. The average molecular weight is 297 g/mol. The van der Waals surface area contributed by atoms with Crippen molar-refractivity contribution in [2.45, 2.75) is 38.6 Å². The topological polar surface area (TPSA) is 58.2 Å². The maximum atomic E-state index is 10.8. The maximum Gasteiger partial charge on any atom is 0.239 e. The van der Waals surface area contributed by atoms with E-state index in [0.717, 1.165) is 17.7 Å². The normalized spacial score (nSPS) is 14.1. The number of aryl methyl sites for hydroxylation is 1. The molecular formula is C15H21ClN2O2. The molecule has 0 bridgehead atoms. The Morgan fingerprint density at radius 3 is 2.65 bits per heavy atom. The summed E-state index contributed by atoms with van der Waals surface area (Å²) in [6.07, 6.45) is 5.73. The van der Waals surface area contributed by atoms with Gasteiger partial charge in [-0.2, -0.15) is 0 Å². The van der Waals surface area contributed by atoms with Crippen molar-refractivity contribution < 1.29 is 9.59 Å². The fraction of sp³-hybridized carbons (Fsp3) is 0.467. The fourth-order valence-corrected chi connectivity index (χ4v) is 2.17. The number of nitrogens with one attached hydrogen (secondary N) is 2. The van der Waals surface area contributed by atoms with Gasteiger partial charge in [0, 0.05) is 11.7 Å². The van der Waals surface area contributed by atoms with Crippen molar-refractivity contribution >= 4 is 29.6 Å². The lowest BCUT2D eigenvalue weighted by Crippen LogP contribution is -2.23. The zero-order valence-electron chi connectivity index (χ0n) is 11.7. The van der Waals surface area contributed by atoms with Gasteiger partial charge in [-0.3, -0.25) is 9.59 Å². The molecule has 0 heterocycles. The summed E-state index contributed by atoms with van der Waals surface area (Å²) in [5.74, 6) is -0.184. The molecule has 0 spiro atoms. The molecule has 20 heavy (non-hydrogen) atoms. The molecule has 1 aliphatic rings. The fourth-order valence-electron chi connectivity index (χ4n) is 2.11. The van der Waals surface area contributed by atoms with Crippen LogP contribution in [0.1, 0.15) is 31.2 Å². The summed E-state index contributed by atoms with van der Waals surface area (Å²) in [6.45, 7) is 1.97.